The van der Waals surface area contributed by atoms with Gasteiger partial charge in [-0.25, -0.2) is 9.78 Å². The number of ether oxygens (including phenoxy) is 1. The number of amides is 1. The summed E-state index contributed by atoms with van der Waals surface area (Å²) in [5.74, 6) is -0.0773. The molecule has 0 bridgehead atoms. The van der Waals surface area contributed by atoms with Gasteiger partial charge in [0.15, 0.2) is 6.10 Å². The molecule has 2 aliphatic rings. The Bertz CT molecular complexity index is 898. The molecule has 0 unspecified atom stereocenters. The molecule has 1 aliphatic carbocycles. The fourth-order valence-electron chi connectivity index (χ4n) is 2.97. The molecule has 1 saturated carbocycles. The van der Waals surface area contributed by atoms with Crippen LogP contribution in [0.15, 0.2) is 42.6 Å². The Hall–Kier alpha value is -3.40. The zero-order valence-corrected chi connectivity index (χ0v) is 14.6. The summed E-state index contributed by atoms with van der Waals surface area (Å²) in [6.45, 7) is 0.463. The summed E-state index contributed by atoms with van der Waals surface area (Å²) in [4.78, 5) is 30.7. The Balaban J connectivity index is 1.38. The van der Waals surface area contributed by atoms with Gasteiger partial charge in [0.2, 0.25) is 0 Å². The van der Waals surface area contributed by atoms with Crippen LogP contribution in [0.3, 0.4) is 0 Å². The number of nitrogens with zero attached hydrogens (tertiary/aromatic N) is 3. The van der Waals surface area contributed by atoms with Crippen molar-refractivity contribution in [1.29, 1.82) is 5.26 Å². The largest absolute Gasteiger partial charge is 0.449 e. The van der Waals surface area contributed by atoms with Crippen LogP contribution in [0.2, 0.25) is 0 Å². The summed E-state index contributed by atoms with van der Waals surface area (Å²) < 4.78 is 5.40. The predicted octanol–water partition coefficient (Wildman–Crippen LogP) is 2.49. The second-order valence-electron chi connectivity index (χ2n) is 6.68. The van der Waals surface area contributed by atoms with Crippen LogP contribution in [0.5, 0.6) is 0 Å². The molecule has 0 spiro atoms. The van der Waals surface area contributed by atoms with Crippen LogP contribution in [0.4, 0.5) is 11.5 Å². The summed E-state index contributed by atoms with van der Waals surface area (Å²) >= 11 is 0. The Morgan fingerprint density at radius 3 is 2.59 bits per heavy atom. The van der Waals surface area contributed by atoms with E-state index in [2.05, 4.69) is 10.3 Å². The van der Waals surface area contributed by atoms with Gasteiger partial charge in [-0.2, -0.15) is 5.26 Å². The normalized spacial score (nSPS) is 18.9. The number of esters is 1. The fraction of sp³-hybridized carbons (Fsp3) is 0.300. The highest BCUT2D eigenvalue weighted by Gasteiger charge is 2.35. The molecule has 1 aliphatic heterocycles. The van der Waals surface area contributed by atoms with Crippen molar-refractivity contribution in [2.75, 3.05) is 16.8 Å². The van der Waals surface area contributed by atoms with Gasteiger partial charge in [0.25, 0.3) is 5.91 Å². The van der Waals surface area contributed by atoms with Gasteiger partial charge in [-0.15, -0.1) is 0 Å². The predicted molar refractivity (Wildman–Crippen MR) is 98.2 cm³/mol. The number of benzene rings is 1. The molecule has 2 aromatic rings. The summed E-state index contributed by atoms with van der Waals surface area (Å²) in [7, 11) is 0. The van der Waals surface area contributed by atoms with Gasteiger partial charge >= 0.3 is 5.97 Å². The Morgan fingerprint density at radius 2 is 1.96 bits per heavy atom. The molecule has 1 aromatic carbocycles. The Morgan fingerprint density at radius 1 is 1.19 bits per heavy atom. The highest BCUT2D eigenvalue weighted by molar-refractivity contribution is 6.01. The number of hydrogen-bond donors (Lipinski definition) is 1. The minimum absolute atomic E-state index is 0.256. The molecule has 2 heterocycles. The minimum atomic E-state index is -0.808. The number of aromatic nitrogens is 1. The van der Waals surface area contributed by atoms with Crippen LogP contribution in [-0.4, -0.2) is 35.6 Å². The van der Waals surface area contributed by atoms with Crippen LogP contribution in [0.25, 0.3) is 0 Å². The summed E-state index contributed by atoms with van der Waals surface area (Å²) in [5, 5.41) is 12.1. The highest BCUT2D eigenvalue weighted by Crippen LogP contribution is 2.25. The van der Waals surface area contributed by atoms with E-state index in [0.717, 1.165) is 18.7 Å². The molecule has 1 aromatic heterocycles. The first-order valence-corrected chi connectivity index (χ1v) is 8.89. The number of nitrogens with one attached hydrogen (secondary N) is 1. The number of carbonyl (C=O) groups excluding carboxylic acids is 2. The number of anilines is 2. The van der Waals surface area contributed by atoms with Crippen LogP contribution in [0.1, 0.15) is 35.2 Å². The van der Waals surface area contributed by atoms with Gasteiger partial charge in [-0.1, -0.05) is 0 Å². The third-order valence-electron chi connectivity index (χ3n) is 4.64. The number of nitriles is 1. The van der Waals surface area contributed by atoms with Crippen molar-refractivity contribution in [3.05, 3.63) is 53.7 Å². The van der Waals surface area contributed by atoms with Crippen molar-refractivity contribution in [1.82, 2.24) is 4.98 Å². The molecule has 7 nitrogen and oxygen atoms in total. The average Bonchev–Trinajstić information content (AvgIpc) is 3.45. The molecule has 7 heteroatoms. The van der Waals surface area contributed by atoms with E-state index in [1.165, 1.54) is 6.20 Å². The number of hydrogen-bond acceptors (Lipinski definition) is 6. The molecular formula is C20H18N4O3. The quantitative estimate of drug-likeness (QED) is 0.821. The molecule has 136 valence electrons. The molecule has 1 atom stereocenters. The van der Waals surface area contributed by atoms with Gasteiger partial charge in [-0.05, 0) is 49.2 Å². The molecular weight excluding hydrogens is 344 g/mol. The van der Waals surface area contributed by atoms with E-state index in [4.69, 9.17) is 10.00 Å². The van der Waals surface area contributed by atoms with Crippen molar-refractivity contribution in [2.45, 2.75) is 31.4 Å². The van der Waals surface area contributed by atoms with Crippen molar-refractivity contribution >= 4 is 23.4 Å². The number of carbonyl (C=O) groups is 2. The van der Waals surface area contributed by atoms with Crippen LogP contribution < -0.4 is 10.2 Å². The first-order chi connectivity index (χ1) is 13.1. The molecule has 1 saturated heterocycles. The second kappa shape index (κ2) is 7.08. The molecule has 4 rings (SSSR count). The van der Waals surface area contributed by atoms with E-state index in [1.54, 1.807) is 41.3 Å². The lowest BCUT2D eigenvalue weighted by molar-refractivity contribution is -0.124. The van der Waals surface area contributed by atoms with Crippen LogP contribution in [0, 0.1) is 11.3 Å². The minimum Gasteiger partial charge on any atom is -0.449 e. The molecule has 1 N–H and O–H groups in total. The highest BCUT2D eigenvalue weighted by atomic mass is 16.5. The van der Waals surface area contributed by atoms with Gasteiger partial charge in [-0.3, -0.25) is 4.79 Å². The zero-order chi connectivity index (χ0) is 18.8. The molecule has 1 amide bonds. The van der Waals surface area contributed by atoms with Gasteiger partial charge < -0.3 is 15.0 Å². The molecule has 0 radical (unpaired) electrons. The third-order valence-corrected chi connectivity index (χ3v) is 4.64. The van der Waals surface area contributed by atoms with Crippen LogP contribution in [-0.2, 0) is 9.53 Å². The number of rotatable bonds is 5. The maximum absolute atomic E-state index is 12.6. The van der Waals surface area contributed by atoms with E-state index in [-0.39, 0.29) is 5.91 Å². The smallest absolute Gasteiger partial charge is 0.340 e. The lowest BCUT2D eigenvalue weighted by Crippen LogP contribution is -2.32. The summed E-state index contributed by atoms with van der Waals surface area (Å²) in [6.07, 6.45) is 3.37. The lowest BCUT2D eigenvalue weighted by atomic mass is 10.2. The van der Waals surface area contributed by atoms with Gasteiger partial charge in [0.05, 0.1) is 17.2 Å². The maximum Gasteiger partial charge on any atom is 0.340 e. The molecule has 2 fully saturated rings. The maximum atomic E-state index is 12.6. The SMILES string of the molecule is N#Cc1ccc(N2CC[C@H](OC(=O)c3ccc(NC4CC4)nc3)C2=O)cc1. The van der Waals surface area contributed by atoms with Crippen LogP contribution >= 0.6 is 0 Å². The first-order valence-electron chi connectivity index (χ1n) is 8.89. The monoisotopic (exact) mass is 362 g/mol. The Labute approximate surface area is 156 Å². The summed E-state index contributed by atoms with van der Waals surface area (Å²) in [5.41, 5.74) is 1.54. The van der Waals surface area contributed by atoms with Gasteiger partial charge in [0, 0.05) is 30.9 Å². The lowest BCUT2D eigenvalue weighted by Gasteiger charge is -2.17. The van der Waals surface area contributed by atoms with E-state index >= 15 is 0 Å². The van der Waals surface area contributed by atoms with Crippen molar-refractivity contribution in [3.63, 3.8) is 0 Å². The first kappa shape index (κ1) is 17.0. The zero-order valence-electron chi connectivity index (χ0n) is 14.6. The van der Waals surface area contributed by atoms with E-state index in [1.807, 2.05) is 6.07 Å². The van der Waals surface area contributed by atoms with E-state index in [9.17, 15) is 9.59 Å². The molecule has 27 heavy (non-hydrogen) atoms. The van der Waals surface area contributed by atoms with E-state index in [0.29, 0.717) is 35.8 Å². The van der Waals surface area contributed by atoms with Crippen molar-refractivity contribution < 1.29 is 14.3 Å². The summed E-state index contributed by atoms with van der Waals surface area (Å²) in [6, 6.07) is 12.7. The standard InChI is InChI=1S/C20H18N4O3/c21-11-13-1-6-16(7-2-13)24-10-9-17(19(24)25)27-20(26)14-3-8-18(22-12-14)23-15-4-5-15/h1-3,6-8,12,15,17H,4-5,9-10H2,(H,22,23)/t17-/m0/s1. The van der Waals surface area contributed by atoms with Gasteiger partial charge in [0.1, 0.15) is 5.82 Å². The topological polar surface area (TPSA) is 95.3 Å². The average molecular weight is 362 g/mol. The number of pyridine rings is 1. The fourth-order valence-corrected chi connectivity index (χ4v) is 2.97. The third kappa shape index (κ3) is 3.75. The Kier molecular flexibility index (Phi) is 4.47. The van der Waals surface area contributed by atoms with Crippen molar-refractivity contribution in [3.8, 4) is 6.07 Å². The van der Waals surface area contributed by atoms with Crippen molar-refractivity contribution in [2.24, 2.45) is 0 Å². The van der Waals surface area contributed by atoms with E-state index < -0.39 is 12.1 Å². The second-order valence-corrected chi connectivity index (χ2v) is 6.68.